The minimum absolute atomic E-state index is 0.0495. The Hall–Kier alpha value is -2.85. The second-order valence-corrected chi connectivity index (χ2v) is 6.77. The maximum atomic E-state index is 11.4. The molecule has 128 valence electrons. The van der Waals surface area contributed by atoms with Crippen molar-refractivity contribution < 1.29 is 24.9 Å². The molecule has 1 aromatic heterocycles. The zero-order chi connectivity index (χ0) is 18.1. The summed E-state index contributed by atoms with van der Waals surface area (Å²) in [5.41, 5.74) is 0. The van der Waals surface area contributed by atoms with Crippen LogP contribution >= 0.6 is 23.6 Å². The highest BCUT2D eigenvalue weighted by molar-refractivity contribution is 7.73. The molecule has 3 N–H and O–H groups in total. The number of hydrogen-bond donors (Lipinski definition) is 3. The molecule has 0 aliphatic carbocycles. The number of benzene rings is 1. The Bertz CT molecular complexity index is 1050. The third-order valence-corrected chi connectivity index (χ3v) is 4.76. The lowest BCUT2D eigenvalue weighted by atomic mass is 10.2. The standard InChI is InChI=1S/C15H11N3O5S2/c19-12(20)5-9(14(22)23)18-13(21)10(25-15(18)24)6-11-16-7-3-1-2-4-8(7)17-11/h1-4,6,9,21H,5H2,(H,19,20)(H,22,23)/t9-/m0/s1. The predicted octanol–water partition coefficient (Wildman–Crippen LogP) is 1.34. The van der Waals surface area contributed by atoms with E-state index in [1.54, 1.807) is 12.1 Å². The van der Waals surface area contributed by atoms with Crippen LogP contribution in [0.1, 0.15) is 17.3 Å². The van der Waals surface area contributed by atoms with Gasteiger partial charge in [-0.2, -0.15) is 0 Å². The Kier molecular flexibility index (Phi) is 4.47. The van der Waals surface area contributed by atoms with Crippen molar-refractivity contribution in [2.75, 3.05) is 0 Å². The van der Waals surface area contributed by atoms with E-state index in [2.05, 4.69) is 9.98 Å². The van der Waals surface area contributed by atoms with Gasteiger partial charge < -0.3 is 15.3 Å². The van der Waals surface area contributed by atoms with Crippen molar-refractivity contribution in [3.63, 3.8) is 0 Å². The highest BCUT2D eigenvalue weighted by Gasteiger charge is 2.27. The average molecular weight is 377 g/mol. The number of rotatable bonds is 5. The monoisotopic (exact) mass is 377 g/mol. The van der Waals surface area contributed by atoms with Gasteiger partial charge in [-0.15, -0.1) is 11.3 Å². The van der Waals surface area contributed by atoms with Crippen molar-refractivity contribution in [1.82, 2.24) is 4.57 Å². The number of aliphatic carboxylic acids is 2. The molecule has 10 heteroatoms. The zero-order valence-corrected chi connectivity index (χ0v) is 14.1. The third-order valence-electron chi connectivity index (χ3n) is 3.42. The number of carboxylic acids is 2. The number of fused-ring (bicyclic) bond motifs is 1. The van der Waals surface area contributed by atoms with Gasteiger partial charge in [-0.05, 0) is 24.4 Å². The van der Waals surface area contributed by atoms with Crippen molar-refractivity contribution in [2.24, 2.45) is 9.98 Å². The number of hydrogen-bond acceptors (Lipinski definition) is 7. The summed E-state index contributed by atoms with van der Waals surface area (Å²) in [7, 11) is 0. The number of carboxylic acid groups (broad SMARTS) is 2. The van der Waals surface area contributed by atoms with Gasteiger partial charge in [0.25, 0.3) is 0 Å². The van der Waals surface area contributed by atoms with Gasteiger partial charge in [0.2, 0.25) is 5.88 Å². The van der Waals surface area contributed by atoms with Crippen LogP contribution in [0.25, 0.3) is 6.08 Å². The number of thiazole rings is 1. The molecule has 0 saturated carbocycles. The van der Waals surface area contributed by atoms with Crippen LogP contribution < -0.4 is 10.7 Å². The molecular weight excluding hydrogens is 366 g/mol. The molecule has 8 nitrogen and oxygen atoms in total. The molecule has 25 heavy (non-hydrogen) atoms. The van der Waals surface area contributed by atoms with E-state index in [1.165, 1.54) is 6.08 Å². The first-order valence-electron chi connectivity index (χ1n) is 7.00. The third kappa shape index (κ3) is 3.35. The van der Waals surface area contributed by atoms with Gasteiger partial charge in [-0.3, -0.25) is 9.36 Å². The van der Waals surface area contributed by atoms with Gasteiger partial charge in [0, 0.05) is 6.08 Å². The lowest BCUT2D eigenvalue weighted by Gasteiger charge is -2.12. The summed E-state index contributed by atoms with van der Waals surface area (Å²) in [6.07, 6.45) is 0.774. The van der Waals surface area contributed by atoms with Gasteiger partial charge in [0.05, 0.1) is 22.0 Å². The molecule has 0 amide bonds. The van der Waals surface area contributed by atoms with Crippen LogP contribution in [0.3, 0.4) is 0 Å². The second-order valence-electron chi connectivity index (χ2n) is 5.09. The summed E-state index contributed by atoms with van der Waals surface area (Å²) >= 11 is 6.05. The Morgan fingerprint density at radius 2 is 1.84 bits per heavy atom. The number of para-hydroxylation sites is 2. The Labute approximate surface area is 149 Å². The fraction of sp³-hybridized carbons (Fsp3) is 0.133. The summed E-state index contributed by atoms with van der Waals surface area (Å²) in [6.45, 7) is 0. The first-order valence-corrected chi connectivity index (χ1v) is 8.22. The van der Waals surface area contributed by atoms with Gasteiger partial charge in [-0.25, -0.2) is 14.8 Å². The van der Waals surface area contributed by atoms with E-state index in [0.29, 0.717) is 16.5 Å². The molecule has 0 unspecified atom stereocenters. The zero-order valence-electron chi connectivity index (χ0n) is 12.5. The number of carbonyl (C=O) groups is 2. The van der Waals surface area contributed by atoms with Crippen LogP contribution in [-0.4, -0.2) is 31.8 Å². The lowest BCUT2D eigenvalue weighted by Crippen LogP contribution is -2.22. The topological polar surface area (TPSA) is 124 Å². The van der Waals surface area contributed by atoms with Crippen LogP contribution in [0, 0.1) is 3.95 Å². The quantitative estimate of drug-likeness (QED) is 0.676. The largest absolute Gasteiger partial charge is 0.493 e. The molecule has 3 rings (SSSR count). The molecule has 1 aliphatic heterocycles. The van der Waals surface area contributed by atoms with Gasteiger partial charge in [-0.1, -0.05) is 12.1 Å². The summed E-state index contributed by atoms with van der Waals surface area (Å²) in [5.74, 6) is -2.79. The maximum absolute atomic E-state index is 11.4. The van der Waals surface area contributed by atoms with E-state index < -0.39 is 30.3 Å². The van der Waals surface area contributed by atoms with E-state index in [1.807, 2.05) is 12.1 Å². The van der Waals surface area contributed by atoms with Crippen LogP contribution in [0.15, 0.2) is 40.1 Å². The fourth-order valence-electron chi connectivity index (χ4n) is 2.32. The van der Waals surface area contributed by atoms with Crippen LogP contribution in [0.4, 0.5) is 0 Å². The summed E-state index contributed by atoms with van der Waals surface area (Å²) in [6, 6.07) is 5.73. The SMILES string of the molecule is O=C(O)C[C@@H](C(=O)O)n1c(O)c(C=C2N=c3ccccc3=N2)sc1=S. The van der Waals surface area contributed by atoms with Crippen LogP contribution in [-0.2, 0) is 9.59 Å². The van der Waals surface area contributed by atoms with Gasteiger partial charge >= 0.3 is 11.9 Å². The molecule has 2 aromatic rings. The summed E-state index contributed by atoms with van der Waals surface area (Å²) in [5, 5.41) is 29.8. The molecule has 1 aliphatic rings. The Morgan fingerprint density at radius 3 is 2.36 bits per heavy atom. The van der Waals surface area contributed by atoms with Crippen molar-refractivity contribution in [1.29, 1.82) is 0 Å². The molecule has 0 fully saturated rings. The van der Waals surface area contributed by atoms with Crippen molar-refractivity contribution >= 4 is 41.6 Å². The number of aromatic nitrogens is 1. The minimum atomic E-state index is -1.50. The lowest BCUT2D eigenvalue weighted by molar-refractivity contribution is -0.147. The molecule has 0 radical (unpaired) electrons. The highest BCUT2D eigenvalue weighted by Crippen LogP contribution is 2.33. The smallest absolute Gasteiger partial charge is 0.327 e. The van der Waals surface area contributed by atoms with E-state index >= 15 is 0 Å². The number of aromatic hydroxyl groups is 1. The molecule has 0 saturated heterocycles. The molecule has 2 heterocycles. The fourth-order valence-corrected chi connectivity index (χ4v) is 3.66. The van der Waals surface area contributed by atoms with Crippen molar-refractivity contribution in [3.05, 3.63) is 49.6 Å². The second kappa shape index (κ2) is 6.57. The summed E-state index contributed by atoms with van der Waals surface area (Å²) < 4.78 is 0.971. The van der Waals surface area contributed by atoms with Crippen molar-refractivity contribution in [3.8, 4) is 5.88 Å². The minimum Gasteiger partial charge on any atom is -0.493 e. The molecule has 1 aromatic carbocycles. The maximum Gasteiger partial charge on any atom is 0.327 e. The average Bonchev–Trinajstić information content (AvgIpc) is 3.06. The van der Waals surface area contributed by atoms with E-state index in [0.717, 1.165) is 15.9 Å². The number of nitrogens with zero attached hydrogens (tertiary/aromatic N) is 3. The normalized spacial score (nSPS) is 13.5. The molecule has 0 spiro atoms. The molecule has 1 atom stereocenters. The molecule has 0 bridgehead atoms. The Morgan fingerprint density at radius 1 is 1.24 bits per heavy atom. The first-order chi connectivity index (χ1) is 11.9. The van der Waals surface area contributed by atoms with Crippen molar-refractivity contribution in [2.45, 2.75) is 12.5 Å². The first kappa shape index (κ1) is 17.0. The predicted molar refractivity (Wildman–Crippen MR) is 90.5 cm³/mol. The van der Waals surface area contributed by atoms with Crippen LogP contribution in [0.2, 0.25) is 0 Å². The Balaban J connectivity index is 2.05. The molecular formula is C15H11N3O5S2. The highest BCUT2D eigenvalue weighted by atomic mass is 32.1. The van der Waals surface area contributed by atoms with E-state index in [-0.39, 0.29) is 8.83 Å². The van der Waals surface area contributed by atoms with Gasteiger partial charge in [0.15, 0.2) is 9.78 Å². The van der Waals surface area contributed by atoms with Crippen LogP contribution in [0.5, 0.6) is 5.88 Å². The van der Waals surface area contributed by atoms with Gasteiger partial charge in [0.1, 0.15) is 6.04 Å². The summed E-state index contributed by atoms with van der Waals surface area (Å²) in [4.78, 5) is 31.1. The van der Waals surface area contributed by atoms with E-state index in [4.69, 9.17) is 17.3 Å². The van der Waals surface area contributed by atoms with E-state index in [9.17, 15) is 19.8 Å².